The highest BCUT2D eigenvalue weighted by atomic mass is 19.4. The number of fused-ring (bicyclic) bond motifs is 5. The van der Waals surface area contributed by atoms with E-state index >= 15 is 0 Å². The van der Waals surface area contributed by atoms with Gasteiger partial charge in [-0.05, 0) is 23.3 Å². The maximum atomic E-state index is 13.2. The molecule has 102 valence electrons. The van der Waals surface area contributed by atoms with E-state index in [0.717, 1.165) is 17.2 Å². The molecule has 0 N–H and O–H groups in total. The lowest BCUT2D eigenvalue weighted by Crippen LogP contribution is -2.39. The highest BCUT2D eigenvalue weighted by Gasteiger charge is 2.58. The summed E-state index contributed by atoms with van der Waals surface area (Å²) >= 11 is 0. The summed E-state index contributed by atoms with van der Waals surface area (Å²) < 4.78 is 39.7. The van der Waals surface area contributed by atoms with Gasteiger partial charge in [-0.1, -0.05) is 37.0 Å². The van der Waals surface area contributed by atoms with Crippen molar-refractivity contribution in [1.82, 2.24) is 4.90 Å². The van der Waals surface area contributed by atoms with E-state index in [4.69, 9.17) is 0 Å². The van der Waals surface area contributed by atoms with Gasteiger partial charge in [0.15, 0.2) is 0 Å². The summed E-state index contributed by atoms with van der Waals surface area (Å²) in [4.78, 5) is 1.42. The Bertz CT molecular complexity index is 658. The van der Waals surface area contributed by atoms with Crippen LogP contribution < -0.4 is 0 Å². The summed E-state index contributed by atoms with van der Waals surface area (Å²) in [5, 5.41) is 0. The molecule has 3 atom stereocenters. The summed E-state index contributed by atoms with van der Waals surface area (Å²) in [5.41, 5.74) is 1.93. The standard InChI is InChI=1S/C16H12F3N/c1-9-14-11-6-3-2-5-10(11)12-7-4-8-13(16(17,18)19)20(12)15(9)14/h2-8,11,14-15H,1H2. The topological polar surface area (TPSA) is 3.24 Å². The minimum absolute atomic E-state index is 0.104. The molecular formula is C16H12F3N. The first-order valence-corrected chi connectivity index (χ1v) is 6.52. The molecule has 0 saturated heterocycles. The van der Waals surface area contributed by atoms with Crippen LogP contribution in [0.4, 0.5) is 13.2 Å². The van der Waals surface area contributed by atoms with Gasteiger partial charge < -0.3 is 4.90 Å². The molecule has 0 amide bonds. The molecule has 20 heavy (non-hydrogen) atoms. The predicted octanol–water partition coefficient (Wildman–Crippen LogP) is 3.87. The fourth-order valence-electron chi connectivity index (χ4n) is 3.49. The number of alkyl halides is 3. The third kappa shape index (κ3) is 1.39. The van der Waals surface area contributed by atoms with E-state index in [9.17, 15) is 13.2 Å². The molecule has 4 heteroatoms. The van der Waals surface area contributed by atoms with Crippen molar-refractivity contribution in [1.29, 1.82) is 0 Å². The first kappa shape index (κ1) is 11.8. The molecule has 4 aliphatic rings. The van der Waals surface area contributed by atoms with E-state index in [1.807, 2.05) is 18.2 Å². The third-order valence-electron chi connectivity index (χ3n) is 4.38. The Morgan fingerprint density at radius 2 is 1.90 bits per heavy atom. The second-order valence-corrected chi connectivity index (χ2v) is 5.43. The maximum absolute atomic E-state index is 13.2. The van der Waals surface area contributed by atoms with Crippen LogP contribution in [-0.4, -0.2) is 17.1 Å². The molecular weight excluding hydrogens is 263 g/mol. The molecule has 3 unspecified atom stereocenters. The number of hydrogen-bond donors (Lipinski definition) is 0. The summed E-state index contributed by atoms with van der Waals surface area (Å²) in [7, 11) is 0. The Labute approximate surface area is 114 Å². The predicted molar refractivity (Wildman–Crippen MR) is 70.3 cm³/mol. The van der Waals surface area contributed by atoms with Crippen molar-refractivity contribution < 1.29 is 13.2 Å². The number of rotatable bonds is 0. The molecule has 1 fully saturated rings. The first-order chi connectivity index (χ1) is 9.50. The van der Waals surface area contributed by atoms with Crippen LogP contribution in [0, 0.1) is 11.8 Å². The van der Waals surface area contributed by atoms with Crippen molar-refractivity contribution in [3.05, 3.63) is 71.7 Å². The third-order valence-corrected chi connectivity index (χ3v) is 4.38. The van der Waals surface area contributed by atoms with Crippen LogP contribution in [0.5, 0.6) is 0 Å². The monoisotopic (exact) mass is 275 g/mol. The second kappa shape index (κ2) is 3.57. The number of allylic oxidation sites excluding steroid dienone is 9. The van der Waals surface area contributed by atoms with Crippen LogP contribution in [0.3, 0.4) is 0 Å². The van der Waals surface area contributed by atoms with Gasteiger partial charge in [0.2, 0.25) is 0 Å². The lowest BCUT2D eigenvalue weighted by molar-refractivity contribution is -0.110. The Morgan fingerprint density at radius 1 is 1.10 bits per heavy atom. The van der Waals surface area contributed by atoms with Crippen LogP contribution in [0.15, 0.2) is 71.7 Å². The van der Waals surface area contributed by atoms with Crippen molar-refractivity contribution in [3.8, 4) is 0 Å². The normalized spacial score (nSPS) is 33.8. The Kier molecular flexibility index (Phi) is 2.11. The van der Waals surface area contributed by atoms with Crippen LogP contribution in [0.1, 0.15) is 0 Å². The number of halogens is 3. The zero-order chi connectivity index (χ0) is 14.1. The molecule has 0 aromatic carbocycles. The van der Waals surface area contributed by atoms with Crippen LogP contribution >= 0.6 is 0 Å². The summed E-state index contributed by atoms with van der Waals surface area (Å²) in [6.07, 6.45) is 7.87. The van der Waals surface area contributed by atoms with Crippen molar-refractivity contribution in [3.63, 3.8) is 0 Å². The largest absolute Gasteiger partial charge is 0.431 e. The van der Waals surface area contributed by atoms with Gasteiger partial charge in [0.1, 0.15) is 5.70 Å². The lowest BCUT2D eigenvalue weighted by atomic mass is 9.84. The summed E-state index contributed by atoms with van der Waals surface area (Å²) in [6, 6.07) is -0.215. The molecule has 1 saturated carbocycles. The van der Waals surface area contributed by atoms with Gasteiger partial charge in [-0.15, -0.1) is 0 Å². The average Bonchev–Trinajstić information content (AvgIpc) is 3.09. The van der Waals surface area contributed by atoms with E-state index in [1.54, 1.807) is 6.08 Å². The molecule has 0 bridgehead atoms. The zero-order valence-electron chi connectivity index (χ0n) is 10.6. The minimum Gasteiger partial charge on any atom is -0.329 e. The van der Waals surface area contributed by atoms with Gasteiger partial charge in [-0.25, -0.2) is 0 Å². The van der Waals surface area contributed by atoms with Crippen molar-refractivity contribution in [2.45, 2.75) is 12.2 Å². The van der Waals surface area contributed by atoms with E-state index in [0.29, 0.717) is 5.70 Å². The Balaban J connectivity index is 1.90. The molecule has 0 aromatic heterocycles. The quantitative estimate of drug-likeness (QED) is 0.607. The SMILES string of the molecule is C=C1C2C3C=CC=CC3=C3C=CC=C(C(F)(F)F)N3C12. The summed E-state index contributed by atoms with van der Waals surface area (Å²) in [6.45, 7) is 3.96. The molecule has 2 aliphatic carbocycles. The van der Waals surface area contributed by atoms with Crippen LogP contribution in [-0.2, 0) is 0 Å². The van der Waals surface area contributed by atoms with E-state index in [1.165, 1.54) is 11.0 Å². The van der Waals surface area contributed by atoms with Gasteiger partial charge >= 0.3 is 6.18 Å². The molecule has 0 radical (unpaired) electrons. The summed E-state index contributed by atoms with van der Waals surface area (Å²) in [5.74, 6) is 0.271. The molecule has 1 nitrogen and oxygen atoms in total. The van der Waals surface area contributed by atoms with Gasteiger partial charge in [0.25, 0.3) is 0 Å². The number of hydrogen-bond acceptors (Lipinski definition) is 1. The van der Waals surface area contributed by atoms with E-state index in [-0.39, 0.29) is 17.9 Å². The maximum Gasteiger partial charge on any atom is 0.431 e. The van der Waals surface area contributed by atoms with E-state index in [2.05, 4.69) is 12.7 Å². The molecule has 2 aliphatic heterocycles. The van der Waals surface area contributed by atoms with Gasteiger partial charge in [-0.2, -0.15) is 13.2 Å². The lowest BCUT2D eigenvalue weighted by Gasteiger charge is -2.38. The van der Waals surface area contributed by atoms with E-state index < -0.39 is 11.9 Å². The Morgan fingerprint density at radius 3 is 2.65 bits per heavy atom. The number of nitrogens with zero attached hydrogens (tertiary/aromatic N) is 1. The smallest absolute Gasteiger partial charge is 0.329 e. The molecule has 0 aromatic rings. The first-order valence-electron chi connectivity index (χ1n) is 6.52. The second-order valence-electron chi connectivity index (χ2n) is 5.43. The van der Waals surface area contributed by atoms with Gasteiger partial charge in [-0.3, -0.25) is 0 Å². The highest BCUT2D eigenvalue weighted by Crippen LogP contribution is 2.58. The fourth-order valence-corrected chi connectivity index (χ4v) is 3.49. The minimum atomic E-state index is -4.34. The van der Waals surface area contributed by atoms with Crippen molar-refractivity contribution in [2.75, 3.05) is 0 Å². The zero-order valence-corrected chi connectivity index (χ0v) is 10.6. The Hall–Kier alpha value is -1.97. The average molecular weight is 275 g/mol. The molecule has 4 rings (SSSR count). The fraction of sp³-hybridized carbons (Fsp3) is 0.250. The van der Waals surface area contributed by atoms with Crippen molar-refractivity contribution in [2.24, 2.45) is 11.8 Å². The van der Waals surface area contributed by atoms with Crippen LogP contribution in [0.2, 0.25) is 0 Å². The van der Waals surface area contributed by atoms with Gasteiger partial charge in [0, 0.05) is 17.5 Å². The molecule has 0 spiro atoms. The van der Waals surface area contributed by atoms with Crippen LogP contribution in [0.25, 0.3) is 0 Å². The highest BCUT2D eigenvalue weighted by molar-refractivity contribution is 5.56. The molecule has 2 heterocycles. The van der Waals surface area contributed by atoms with Gasteiger partial charge in [0.05, 0.1) is 6.04 Å². The van der Waals surface area contributed by atoms with Crippen molar-refractivity contribution >= 4 is 0 Å².